The Morgan fingerprint density at radius 3 is 2.33 bits per heavy atom. The maximum absolute atomic E-state index is 11.1. The Bertz CT molecular complexity index is 311. The molecule has 0 bridgehead atoms. The van der Waals surface area contributed by atoms with E-state index in [9.17, 15) is 13.5 Å². The molecule has 0 spiro atoms. The third kappa shape index (κ3) is 5.15. The quantitative estimate of drug-likeness (QED) is 0.667. The fourth-order valence-corrected chi connectivity index (χ4v) is 1.44. The molecule has 5 nitrogen and oxygen atoms in total. The van der Waals surface area contributed by atoms with Gasteiger partial charge < -0.3 is 10.4 Å². The predicted molar refractivity (Wildman–Crippen MR) is 60.9 cm³/mol. The lowest BCUT2D eigenvalue weighted by atomic mass is 10.2. The van der Waals surface area contributed by atoms with Gasteiger partial charge in [-0.15, -0.1) is 0 Å². The highest BCUT2D eigenvalue weighted by Gasteiger charge is 2.19. The van der Waals surface area contributed by atoms with Crippen LogP contribution in [0.2, 0.25) is 0 Å². The minimum atomic E-state index is -3.34. The molecule has 15 heavy (non-hydrogen) atoms. The average Bonchev–Trinajstić information content (AvgIpc) is 2.10. The van der Waals surface area contributed by atoms with Crippen LogP contribution in [0.15, 0.2) is 12.3 Å². The number of nitrogens with zero attached hydrogens (tertiary/aromatic N) is 1. The van der Waals surface area contributed by atoms with Crippen LogP contribution in [0, 0.1) is 0 Å². The smallest absolute Gasteiger partial charge is 0.231 e. The molecule has 0 aliphatic heterocycles. The third-order valence-corrected chi connectivity index (χ3v) is 3.24. The van der Waals surface area contributed by atoms with E-state index in [0.717, 1.165) is 10.6 Å². The molecular weight excluding hydrogens is 216 g/mol. The van der Waals surface area contributed by atoms with Gasteiger partial charge in [0, 0.05) is 19.6 Å². The van der Waals surface area contributed by atoms with Gasteiger partial charge in [0.2, 0.25) is 10.0 Å². The summed E-state index contributed by atoms with van der Waals surface area (Å²) in [6.07, 6.45) is 0.174. The van der Waals surface area contributed by atoms with Crippen LogP contribution < -0.4 is 5.32 Å². The molecule has 0 saturated heterocycles. The third-order valence-electron chi connectivity index (χ3n) is 2.01. The van der Waals surface area contributed by atoms with Crippen molar-refractivity contribution < 1.29 is 13.5 Å². The van der Waals surface area contributed by atoms with Crippen LogP contribution in [0.4, 0.5) is 0 Å². The molecule has 0 aromatic rings. The highest BCUT2D eigenvalue weighted by molar-refractivity contribution is 7.88. The highest BCUT2D eigenvalue weighted by atomic mass is 32.2. The van der Waals surface area contributed by atoms with Crippen LogP contribution in [0.25, 0.3) is 0 Å². The Kier molecular flexibility index (Phi) is 5.27. The van der Waals surface area contributed by atoms with Gasteiger partial charge in [0.25, 0.3) is 0 Å². The molecule has 6 heteroatoms. The van der Waals surface area contributed by atoms with Gasteiger partial charge in [-0.2, -0.15) is 0 Å². The van der Waals surface area contributed by atoms with Gasteiger partial charge in [0.1, 0.15) is 6.10 Å². The fraction of sp³-hybridized carbons (Fsp3) is 0.778. The molecular formula is C9H20N2O3S. The normalized spacial score (nSPS) is 14.0. The molecule has 0 rings (SSSR count). The Morgan fingerprint density at radius 1 is 1.53 bits per heavy atom. The van der Waals surface area contributed by atoms with Gasteiger partial charge in [-0.05, 0) is 0 Å². The summed E-state index contributed by atoms with van der Waals surface area (Å²) in [5.41, 5.74) is 0.172. The molecule has 0 aromatic carbocycles. The predicted octanol–water partition coefficient (Wildman–Crippen LogP) is -0.250. The molecule has 0 aliphatic carbocycles. The summed E-state index contributed by atoms with van der Waals surface area (Å²) >= 11 is 0. The van der Waals surface area contributed by atoms with E-state index in [-0.39, 0.29) is 18.3 Å². The van der Waals surface area contributed by atoms with E-state index < -0.39 is 16.1 Å². The second-order valence-electron chi connectivity index (χ2n) is 3.80. The number of likely N-dealkylation sites (N-methyl/N-ethyl adjacent to an activating group) is 1. The summed E-state index contributed by atoms with van der Waals surface area (Å²) < 4.78 is 23.3. The van der Waals surface area contributed by atoms with E-state index in [1.54, 1.807) is 0 Å². The van der Waals surface area contributed by atoms with E-state index in [1.165, 1.54) is 7.05 Å². The lowest BCUT2D eigenvalue weighted by molar-refractivity contribution is 0.184. The van der Waals surface area contributed by atoms with Gasteiger partial charge in [-0.1, -0.05) is 20.4 Å². The van der Waals surface area contributed by atoms with Crippen LogP contribution >= 0.6 is 0 Å². The molecule has 0 heterocycles. The van der Waals surface area contributed by atoms with Crippen molar-refractivity contribution in [1.29, 1.82) is 0 Å². The molecule has 0 aliphatic rings. The molecule has 2 N–H and O–H groups in total. The Balaban J connectivity index is 4.33. The average molecular weight is 236 g/mol. The number of sulfonamides is 1. The Morgan fingerprint density at radius 2 is 2.00 bits per heavy atom. The van der Waals surface area contributed by atoms with E-state index in [4.69, 9.17) is 0 Å². The van der Waals surface area contributed by atoms with Crippen molar-refractivity contribution in [2.45, 2.75) is 26.0 Å². The van der Waals surface area contributed by atoms with Crippen LogP contribution in [0.3, 0.4) is 0 Å². The zero-order chi connectivity index (χ0) is 12.2. The van der Waals surface area contributed by atoms with Gasteiger partial charge in [-0.3, -0.25) is 4.31 Å². The first-order valence-corrected chi connectivity index (χ1v) is 6.55. The zero-order valence-corrected chi connectivity index (χ0v) is 10.5. The van der Waals surface area contributed by atoms with E-state index in [0.29, 0.717) is 0 Å². The van der Waals surface area contributed by atoms with Gasteiger partial charge in [-0.25, -0.2) is 8.42 Å². The summed E-state index contributed by atoms with van der Waals surface area (Å²) in [6, 6.07) is 0.232. The number of aliphatic hydroxyl groups excluding tert-OH is 1. The first-order valence-electron chi connectivity index (χ1n) is 4.70. The molecule has 1 unspecified atom stereocenters. The summed E-state index contributed by atoms with van der Waals surface area (Å²) in [5, 5.41) is 12.6. The number of hydrogen-bond donors (Lipinski definition) is 2. The number of aliphatic hydroxyl groups is 1. The van der Waals surface area contributed by atoms with E-state index >= 15 is 0 Å². The van der Waals surface area contributed by atoms with Crippen LogP contribution in [0.5, 0.6) is 0 Å². The minimum Gasteiger partial charge on any atom is -0.386 e. The van der Waals surface area contributed by atoms with E-state index in [1.807, 2.05) is 13.8 Å². The maximum atomic E-state index is 11.1. The summed E-state index contributed by atoms with van der Waals surface area (Å²) in [5.74, 6) is 0. The number of nitrogens with one attached hydrogen (secondary N) is 1. The van der Waals surface area contributed by atoms with Crippen molar-refractivity contribution in [3.05, 3.63) is 12.3 Å². The minimum absolute atomic E-state index is 0.172. The second-order valence-corrected chi connectivity index (χ2v) is 5.81. The first kappa shape index (κ1) is 14.4. The van der Waals surface area contributed by atoms with Crippen molar-refractivity contribution >= 4 is 10.0 Å². The van der Waals surface area contributed by atoms with Gasteiger partial charge in [0.15, 0.2) is 0 Å². The highest BCUT2D eigenvalue weighted by Crippen LogP contribution is 2.08. The number of hydrogen-bond acceptors (Lipinski definition) is 4. The molecule has 90 valence electrons. The summed E-state index contributed by atoms with van der Waals surface area (Å²) in [7, 11) is -1.97. The second kappa shape index (κ2) is 5.48. The van der Waals surface area contributed by atoms with Gasteiger partial charge in [0.05, 0.1) is 12.0 Å². The molecule has 0 saturated carbocycles. The molecule has 1 atom stereocenters. The summed E-state index contributed by atoms with van der Waals surface area (Å²) in [4.78, 5) is 0. The monoisotopic (exact) mass is 236 g/mol. The van der Waals surface area contributed by atoms with Crippen molar-refractivity contribution in [3.63, 3.8) is 0 Å². The van der Waals surface area contributed by atoms with Crippen molar-refractivity contribution in [2.75, 3.05) is 19.8 Å². The molecule has 0 radical (unpaired) electrons. The van der Waals surface area contributed by atoms with Gasteiger partial charge >= 0.3 is 0 Å². The molecule has 0 fully saturated rings. The van der Waals surface area contributed by atoms with Crippen molar-refractivity contribution in [1.82, 2.24) is 9.62 Å². The zero-order valence-electron chi connectivity index (χ0n) is 9.69. The maximum Gasteiger partial charge on any atom is 0.231 e. The van der Waals surface area contributed by atoms with Crippen LogP contribution in [-0.2, 0) is 10.0 Å². The largest absolute Gasteiger partial charge is 0.386 e. The molecule has 0 amide bonds. The van der Waals surface area contributed by atoms with Crippen molar-refractivity contribution in [3.8, 4) is 0 Å². The standard InChI is InChI=1S/C9H20N2O3S/c1-7(2)10-6-9(12)8(3)11(4)15(5,13)14/h7,9-10,12H,3,6H2,1-2,4-5H3. The summed E-state index contributed by atoms with van der Waals surface area (Å²) in [6.45, 7) is 7.72. The Labute approximate surface area is 91.8 Å². The lowest BCUT2D eigenvalue weighted by Crippen LogP contribution is -2.38. The van der Waals surface area contributed by atoms with E-state index in [2.05, 4.69) is 11.9 Å². The van der Waals surface area contributed by atoms with Crippen LogP contribution in [-0.4, -0.2) is 49.8 Å². The topological polar surface area (TPSA) is 69.6 Å². The lowest BCUT2D eigenvalue weighted by Gasteiger charge is -2.24. The van der Waals surface area contributed by atoms with Crippen LogP contribution in [0.1, 0.15) is 13.8 Å². The fourth-order valence-electron chi connectivity index (χ4n) is 0.888. The van der Waals surface area contributed by atoms with Crippen molar-refractivity contribution in [2.24, 2.45) is 0 Å². The Hall–Kier alpha value is -0.590. The number of rotatable bonds is 6. The first-order chi connectivity index (χ1) is 6.66. The SMILES string of the molecule is C=C(C(O)CNC(C)C)N(C)S(C)(=O)=O. The molecule has 0 aromatic heterocycles.